The molecular formula is C18H19N3OS2. The Morgan fingerprint density at radius 1 is 1.21 bits per heavy atom. The predicted octanol–water partition coefficient (Wildman–Crippen LogP) is 4.32. The van der Waals surface area contributed by atoms with Crippen molar-refractivity contribution in [2.45, 2.75) is 26.3 Å². The van der Waals surface area contributed by atoms with E-state index in [4.69, 9.17) is 0 Å². The molecule has 0 fully saturated rings. The number of carbonyl (C=O) groups is 1. The molecule has 0 aliphatic carbocycles. The summed E-state index contributed by atoms with van der Waals surface area (Å²) in [6.07, 6.45) is 2.04. The minimum Gasteiger partial charge on any atom is -0.348 e. The molecule has 0 saturated carbocycles. The quantitative estimate of drug-likeness (QED) is 0.715. The average Bonchev–Trinajstić information content (AvgIpc) is 3.25. The van der Waals surface area contributed by atoms with E-state index in [1.165, 1.54) is 16.2 Å². The average molecular weight is 358 g/mol. The van der Waals surface area contributed by atoms with Gasteiger partial charge < -0.3 is 5.32 Å². The van der Waals surface area contributed by atoms with E-state index in [-0.39, 0.29) is 18.4 Å². The Hall–Kier alpha value is -2.05. The number of thiazole rings is 1. The maximum absolute atomic E-state index is 12.4. The van der Waals surface area contributed by atoms with E-state index in [0.29, 0.717) is 5.92 Å². The first-order valence-corrected chi connectivity index (χ1v) is 9.58. The third-order valence-electron chi connectivity index (χ3n) is 3.61. The van der Waals surface area contributed by atoms with Crippen molar-refractivity contribution in [1.82, 2.24) is 15.3 Å². The van der Waals surface area contributed by atoms with Crippen LogP contribution in [0.2, 0.25) is 0 Å². The van der Waals surface area contributed by atoms with Gasteiger partial charge in [-0.1, -0.05) is 26.0 Å². The summed E-state index contributed by atoms with van der Waals surface area (Å²) in [5, 5.41) is 7.95. The van der Waals surface area contributed by atoms with Crippen molar-refractivity contribution < 1.29 is 4.79 Å². The fourth-order valence-corrected chi connectivity index (χ4v) is 4.16. The van der Waals surface area contributed by atoms with E-state index in [1.807, 2.05) is 35.0 Å². The van der Waals surface area contributed by atoms with Gasteiger partial charge in [-0.3, -0.25) is 9.78 Å². The van der Waals surface area contributed by atoms with Crippen LogP contribution in [-0.2, 0) is 11.2 Å². The number of thiophene rings is 1. The van der Waals surface area contributed by atoms with Gasteiger partial charge in [-0.25, -0.2) is 4.98 Å². The second-order valence-corrected chi connectivity index (χ2v) is 7.68. The lowest BCUT2D eigenvalue weighted by molar-refractivity contribution is -0.121. The van der Waals surface area contributed by atoms with Crippen LogP contribution in [0.4, 0.5) is 0 Å². The number of hydrogen-bond donors (Lipinski definition) is 1. The minimum absolute atomic E-state index is 0.0000270. The van der Waals surface area contributed by atoms with Gasteiger partial charge in [0.2, 0.25) is 5.91 Å². The minimum atomic E-state index is -0.0000270. The zero-order chi connectivity index (χ0) is 16.9. The fourth-order valence-electron chi connectivity index (χ4n) is 2.42. The molecular weight excluding hydrogens is 338 g/mol. The number of rotatable bonds is 6. The number of carbonyl (C=O) groups excluding carboxylic acids is 1. The number of hydrogen-bond acceptors (Lipinski definition) is 5. The molecule has 1 amide bonds. The predicted molar refractivity (Wildman–Crippen MR) is 99.1 cm³/mol. The Labute approximate surface area is 149 Å². The number of nitrogens with zero attached hydrogens (tertiary/aromatic N) is 2. The smallest absolute Gasteiger partial charge is 0.226 e. The zero-order valence-electron chi connectivity index (χ0n) is 13.6. The molecule has 3 rings (SSSR count). The largest absolute Gasteiger partial charge is 0.348 e. The van der Waals surface area contributed by atoms with Gasteiger partial charge in [-0.15, -0.1) is 22.7 Å². The summed E-state index contributed by atoms with van der Waals surface area (Å²) in [6, 6.07) is 9.87. The van der Waals surface area contributed by atoms with Crippen molar-refractivity contribution in [3.8, 4) is 10.7 Å². The van der Waals surface area contributed by atoms with Gasteiger partial charge in [0.15, 0.2) is 0 Å². The molecule has 0 aliphatic heterocycles. The highest BCUT2D eigenvalue weighted by atomic mass is 32.1. The van der Waals surface area contributed by atoms with E-state index >= 15 is 0 Å². The Bertz CT molecular complexity index is 782. The van der Waals surface area contributed by atoms with Gasteiger partial charge in [0.05, 0.1) is 23.9 Å². The second kappa shape index (κ2) is 7.68. The van der Waals surface area contributed by atoms with Crippen LogP contribution in [0.5, 0.6) is 0 Å². The second-order valence-electron chi connectivity index (χ2n) is 5.84. The molecule has 0 bridgehead atoms. The Balaban J connectivity index is 1.66. The lowest BCUT2D eigenvalue weighted by Gasteiger charge is -2.21. The molecule has 3 aromatic heterocycles. The van der Waals surface area contributed by atoms with Gasteiger partial charge in [0.1, 0.15) is 5.01 Å². The molecule has 124 valence electrons. The fraction of sp³-hybridized carbons (Fsp3) is 0.278. The highest BCUT2D eigenvalue weighted by Gasteiger charge is 2.20. The lowest BCUT2D eigenvalue weighted by atomic mass is 10.0. The molecule has 6 heteroatoms. The Morgan fingerprint density at radius 3 is 2.75 bits per heavy atom. The van der Waals surface area contributed by atoms with Crippen LogP contribution in [0.3, 0.4) is 0 Å². The van der Waals surface area contributed by atoms with Crippen LogP contribution in [0, 0.1) is 5.92 Å². The zero-order valence-corrected chi connectivity index (χ0v) is 15.2. The van der Waals surface area contributed by atoms with Gasteiger partial charge in [-0.2, -0.15) is 0 Å². The van der Waals surface area contributed by atoms with E-state index in [0.717, 1.165) is 16.4 Å². The van der Waals surface area contributed by atoms with Gasteiger partial charge in [0, 0.05) is 16.5 Å². The highest BCUT2D eigenvalue weighted by Crippen LogP contribution is 2.26. The number of amides is 1. The van der Waals surface area contributed by atoms with Crippen molar-refractivity contribution >= 4 is 28.6 Å². The molecule has 0 spiro atoms. The Kier molecular flexibility index (Phi) is 5.37. The van der Waals surface area contributed by atoms with Crippen molar-refractivity contribution in [3.63, 3.8) is 0 Å². The highest BCUT2D eigenvalue weighted by molar-refractivity contribution is 7.13. The van der Waals surface area contributed by atoms with Gasteiger partial charge in [0.25, 0.3) is 0 Å². The van der Waals surface area contributed by atoms with E-state index in [1.54, 1.807) is 17.5 Å². The van der Waals surface area contributed by atoms with E-state index in [2.05, 4.69) is 35.2 Å². The third-order valence-corrected chi connectivity index (χ3v) is 5.48. The van der Waals surface area contributed by atoms with Crippen LogP contribution in [-0.4, -0.2) is 15.9 Å². The molecule has 0 unspecified atom stereocenters. The van der Waals surface area contributed by atoms with Crippen molar-refractivity contribution in [3.05, 3.63) is 57.9 Å². The maximum Gasteiger partial charge on any atom is 0.226 e. The normalized spacial score (nSPS) is 12.3. The van der Waals surface area contributed by atoms with Gasteiger partial charge >= 0.3 is 0 Å². The number of aromatic nitrogens is 2. The SMILES string of the molecule is CC(C)[C@H](NC(=O)Cc1csc(-c2ccccn2)n1)c1cccs1. The molecule has 0 aliphatic rings. The molecule has 0 radical (unpaired) electrons. The van der Waals surface area contributed by atoms with Crippen molar-refractivity contribution in [1.29, 1.82) is 0 Å². The van der Waals surface area contributed by atoms with Crippen LogP contribution in [0.1, 0.15) is 30.5 Å². The molecule has 1 atom stereocenters. The lowest BCUT2D eigenvalue weighted by Crippen LogP contribution is -2.32. The monoisotopic (exact) mass is 357 g/mol. The maximum atomic E-state index is 12.4. The topological polar surface area (TPSA) is 54.9 Å². The van der Waals surface area contributed by atoms with E-state index < -0.39 is 0 Å². The van der Waals surface area contributed by atoms with Crippen LogP contribution in [0.25, 0.3) is 10.7 Å². The van der Waals surface area contributed by atoms with Crippen molar-refractivity contribution in [2.24, 2.45) is 5.92 Å². The standard InChI is InChI=1S/C18H19N3OS2/c1-12(2)17(15-7-5-9-23-15)21-16(22)10-13-11-24-18(20-13)14-6-3-4-8-19-14/h3-9,11-12,17H,10H2,1-2H3,(H,21,22)/t17-/m0/s1. The summed E-state index contributed by atoms with van der Waals surface area (Å²) in [7, 11) is 0. The summed E-state index contributed by atoms with van der Waals surface area (Å²) >= 11 is 3.19. The van der Waals surface area contributed by atoms with Crippen LogP contribution < -0.4 is 5.32 Å². The Morgan fingerprint density at radius 2 is 2.08 bits per heavy atom. The van der Waals surface area contributed by atoms with Crippen LogP contribution >= 0.6 is 22.7 Å². The van der Waals surface area contributed by atoms with Gasteiger partial charge in [-0.05, 0) is 29.5 Å². The molecule has 0 aromatic carbocycles. The summed E-state index contributed by atoms with van der Waals surface area (Å²) in [6.45, 7) is 4.24. The summed E-state index contributed by atoms with van der Waals surface area (Å²) in [4.78, 5) is 22.4. The first kappa shape index (κ1) is 16.8. The molecule has 3 heterocycles. The van der Waals surface area contributed by atoms with Crippen LogP contribution in [0.15, 0.2) is 47.3 Å². The molecule has 0 saturated heterocycles. The molecule has 3 aromatic rings. The summed E-state index contributed by atoms with van der Waals surface area (Å²) in [5.74, 6) is 0.340. The van der Waals surface area contributed by atoms with E-state index in [9.17, 15) is 4.79 Å². The van der Waals surface area contributed by atoms with Crippen molar-refractivity contribution in [2.75, 3.05) is 0 Å². The first-order chi connectivity index (χ1) is 11.6. The molecule has 24 heavy (non-hydrogen) atoms. The summed E-state index contributed by atoms with van der Waals surface area (Å²) < 4.78 is 0. The molecule has 4 nitrogen and oxygen atoms in total. The number of nitrogens with one attached hydrogen (secondary N) is 1. The molecule has 1 N–H and O–H groups in total. The first-order valence-electron chi connectivity index (χ1n) is 7.82. The third kappa shape index (κ3) is 4.07. The number of pyridine rings is 1. The summed E-state index contributed by atoms with van der Waals surface area (Å²) in [5.41, 5.74) is 1.62.